The van der Waals surface area contributed by atoms with Crippen LogP contribution in [-0.2, 0) is 7.05 Å². The first kappa shape index (κ1) is 29.4. The molecule has 0 saturated heterocycles. The molecule has 1 amide bonds. The quantitative estimate of drug-likeness (QED) is 0.284. The number of benzene rings is 1. The Balaban J connectivity index is 1.62. The lowest BCUT2D eigenvalue weighted by Gasteiger charge is -2.20. The lowest BCUT2D eigenvalue weighted by molar-refractivity contribution is -0.274. The molecule has 216 valence electrons. The van der Waals surface area contributed by atoms with E-state index in [0.29, 0.717) is 17.1 Å². The number of hydrogen-bond acceptors (Lipinski definition) is 8. The molecular weight excluding hydrogens is 539 g/mol. The predicted octanol–water partition coefficient (Wildman–Crippen LogP) is 4.54. The minimum Gasteiger partial charge on any atom is -0.406 e. The average molecular weight is 570 g/mol. The number of hydrogen-bond donors (Lipinski definition) is 2. The molecule has 11 nitrogen and oxygen atoms in total. The van der Waals surface area contributed by atoms with E-state index in [1.807, 2.05) is 39.9 Å². The number of rotatable bonds is 9. The Morgan fingerprint density at radius 2 is 1.85 bits per heavy atom. The number of aromatic nitrogens is 6. The van der Waals surface area contributed by atoms with E-state index in [1.54, 1.807) is 30.1 Å². The maximum atomic E-state index is 13.2. The number of nitrogens with zero attached hydrogens (tertiary/aromatic N) is 7. The highest BCUT2D eigenvalue weighted by Gasteiger charge is 2.32. The van der Waals surface area contributed by atoms with Gasteiger partial charge in [-0.15, -0.1) is 18.3 Å². The summed E-state index contributed by atoms with van der Waals surface area (Å²) in [6, 6.07) is 5.03. The second kappa shape index (κ2) is 11.5. The van der Waals surface area contributed by atoms with Crippen molar-refractivity contribution in [2.24, 2.45) is 7.05 Å². The van der Waals surface area contributed by atoms with Crippen LogP contribution in [0.2, 0.25) is 0 Å². The molecule has 0 saturated carbocycles. The van der Waals surface area contributed by atoms with Gasteiger partial charge in [0.05, 0.1) is 35.7 Å². The second-order valence-electron chi connectivity index (χ2n) is 9.89. The molecule has 14 heteroatoms. The zero-order valence-corrected chi connectivity index (χ0v) is 23.4. The minimum absolute atomic E-state index is 0.0524. The van der Waals surface area contributed by atoms with Gasteiger partial charge >= 0.3 is 6.36 Å². The Hall–Kier alpha value is -4.59. The summed E-state index contributed by atoms with van der Waals surface area (Å²) in [4.78, 5) is 19.4. The molecule has 2 N–H and O–H groups in total. The molecule has 0 aliphatic carbocycles. The summed E-state index contributed by atoms with van der Waals surface area (Å²) in [6.45, 7) is 5.56. The van der Waals surface area contributed by atoms with Gasteiger partial charge in [-0.1, -0.05) is 5.21 Å². The third-order valence-corrected chi connectivity index (χ3v) is 6.70. The zero-order chi connectivity index (χ0) is 30.1. The molecular formula is C27H30F3N9O2. The van der Waals surface area contributed by atoms with E-state index in [9.17, 15) is 18.0 Å². The van der Waals surface area contributed by atoms with Crippen LogP contribution in [0.15, 0.2) is 42.9 Å². The van der Waals surface area contributed by atoms with Crippen molar-refractivity contribution in [1.29, 1.82) is 5.41 Å². The number of aryl methyl sites for hydroxylation is 2. The lowest BCUT2D eigenvalue weighted by atomic mass is 10.0. The molecule has 0 bridgehead atoms. The van der Waals surface area contributed by atoms with Crippen LogP contribution in [0.1, 0.15) is 40.7 Å². The highest BCUT2D eigenvalue weighted by atomic mass is 19.4. The summed E-state index contributed by atoms with van der Waals surface area (Å²) in [5.74, 6) is -1.29. The summed E-state index contributed by atoms with van der Waals surface area (Å²) in [5.41, 5.74) is 3.86. The van der Waals surface area contributed by atoms with E-state index in [2.05, 4.69) is 30.4 Å². The van der Waals surface area contributed by atoms with Crippen LogP contribution < -0.4 is 10.1 Å². The number of carbonyl (C=O) groups excluding carboxylic acids is 1. The van der Waals surface area contributed by atoms with Crippen LogP contribution in [0.4, 0.5) is 18.9 Å². The van der Waals surface area contributed by atoms with Crippen molar-refractivity contribution in [1.82, 2.24) is 34.7 Å². The van der Waals surface area contributed by atoms with E-state index < -0.39 is 18.0 Å². The SMILES string of the molecule is Cc1ncc(NC(=O)c2cc(OC(F)(F)F)cc(C(=N)CC(C)N(C)C)c2)cc1-n1cc(-c2cnn(C)c2C)nn1. The number of anilines is 1. The van der Waals surface area contributed by atoms with Crippen LogP contribution in [0.3, 0.4) is 0 Å². The fraction of sp³-hybridized carbons (Fsp3) is 0.333. The maximum absolute atomic E-state index is 13.2. The Kier molecular flexibility index (Phi) is 8.24. The van der Waals surface area contributed by atoms with Gasteiger partial charge in [-0.25, -0.2) is 4.68 Å². The smallest absolute Gasteiger partial charge is 0.406 e. The number of ether oxygens (including phenoxy) is 1. The molecule has 4 aromatic rings. The highest BCUT2D eigenvalue weighted by molar-refractivity contribution is 6.07. The molecule has 1 unspecified atom stereocenters. The van der Waals surface area contributed by atoms with Crippen molar-refractivity contribution in [3.8, 4) is 22.7 Å². The fourth-order valence-electron chi connectivity index (χ4n) is 3.97. The Morgan fingerprint density at radius 1 is 1.15 bits per heavy atom. The van der Waals surface area contributed by atoms with Crippen LogP contribution in [0.5, 0.6) is 5.75 Å². The van der Waals surface area contributed by atoms with Crippen LogP contribution >= 0.6 is 0 Å². The maximum Gasteiger partial charge on any atom is 0.573 e. The molecule has 1 atom stereocenters. The second-order valence-corrected chi connectivity index (χ2v) is 9.89. The van der Waals surface area contributed by atoms with Crippen LogP contribution in [0, 0.1) is 19.3 Å². The summed E-state index contributed by atoms with van der Waals surface area (Å²) in [5, 5.41) is 23.8. The van der Waals surface area contributed by atoms with Crippen LogP contribution in [0.25, 0.3) is 16.9 Å². The Bertz CT molecular complexity index is 1590. The van der Waals surface area contributed by atoms with Gasteiger partial charge in [0.1, 0.15) is 11.4 Å². The topological polar surface area (TPSA) is 127 Å². The summed E-state index contributed by atoms with van der Waals surface area (Å²) < 4.78 is 46.5. The van der Waals surface area contributed by atoms with Crippen molar-refractivity contribution in [2.75, 3.05) is 19.4 Å². The van der Waals surface area contributed by atoms with Crippen molar-refractivity contribution in [2.45, 2.75) is 39.6 Å². The number of nitrogens with one attached hydrogen (secondary N) is 2. The first-order valence-electron chi connectivity index (χ1n) is 12.6. The van der Waals surface area contributed by atoms with Crippen LogP contribution in [-0.4, -0.2) is 72.8 Å². The van der Waals surface area contributed by atoms with Gasteiger partial charge in [0.15, 0.2) is 0 Å². The van der Waals surface area contributed by atoms with Gasteiger partial charge in [-0.3, -0.25) is 14.5 Å². The third-order valence-electron chi connectivity index (χ3n) is 6.70. The normalized spacial score (nSPS) is 12.4. The molecule has 1 aromatic carbocycles. The molecule has 0 radical (unpaired) electrons. The van der Waals surface area contributed by atoms with Gasteiger partial charge in [0.25, 0.3) is 5.91 Å². The molecule has 0 aliphatic heterocycles. The standard InChI is InChI=1S/C27H30F3N9O2/c1-15(37(4)5)7-23(31)18-8-19(10-21(9-18)41-27(28,29)30)26(40)34-20-11-25(16(2)32-12-20)39-14-24(35-36-39)22-13-33-38(6)17(22)3/h8-15,31H,7H2,1-6H3,(H,34,40). The summed E-state index contributed by atoms with van der Waals surface area (Å²) in [7, 11) is 5.50. The first-order valence-corrected chi connectivity index (χ1v) is 12.6. The Morgan fingerprint density at radius 3 is 2.49 bits per heavy atom. The first-order chi connectivity index (χ1) is 19.2. The molecule has 0 spiro atoms. The molecule has 0 aliphatic rings. The number of alkyl halides is 3. The largest absolute Gasteiger partial charge is 0.573 e. The number of amides is 1. The van der Waals surface area contributed by atoms with E-state index in [4.69, 9.17) is 5.41 Å². The minimum atomic E-state index is -4.97. The van der Waals surface area contributed by atoms with Crippen molar-refractivity contribution >= 4 is 17.3 Å². The zero-order valence-electron chi connectivity index (χ0n) is 23.4. The average Bonchev–Trinajstić information content (AvgIpc) is 3.50. The molecule has 41 heavy (non-hydrogen) atoms. The van der Waals surface area contributed by atoms with Gasteiger partial charge in [-0.05, 0) is 64.7 Å². The van der Waals surface area contributed by atoms with E-state index >= 15 is 0 Å². The molecule has 3 aromatic heterocycles. The van der Waals surface area contributed by atoms with Crippen molar-refractivity contribution < 1.29 is 22.7 Å². The Labute approximate surface area is 234 Å². The van der Waals surface area contributed by atoms with Gasteiger partial charge in [0.2, 0.25) is 0 Å². The predicted molar refractivity (Wildman–Crippen MR) is 147 cm³/mol. The summed E-state index contributed by atoms with van der Waals surface area (Å²) >= 11 is 0. The van der Waals surface area contributed by atoms with Crippen molar-refractivity contribution in [3.05, 3.63) is 65.4 Å². The molecule has 0 fully saturated rings. The van der Waals surface area contributed by atoms with E-state index in [-0.39, 0.29) is 35.0 Å². The third kappa shape index (κ3) is 6.95. The number of halogens is 3. The molecule has 4 rings (SSSR count). The number of carbonyl (C=O) groups is 1. The van der Waals surface area contributed by atoms with Crippen molar-refractivity contribution in [3.63, 3.8) is 0 Å². The monoisotopic (exact) mass is 569 g/mol. The van der Waals surface area contributed by atoms with E-state index in [0.717, 1.165) is 23.4 Å². The van der Waals surface area contributed by atoms with Gasteiger partial charge in [0, 0.05) is 42.0 Å². The van der Waals surface area contributed by atoms with Gasteiger partial charge in [-0.2, -0.15) is 5.10 Å². The summed E-state index contributed by atoms with van der Waals surface area (Å²) in [6.07, 6.45) is 0.124. The molecule has 3 heterocycles. The van der Waals surface area contributed by atoms with Gasteiger partial charge < -0.3 is 20.4 Å². The lowest BCUT2D eigenvalue weighted by Crippen LogP contribution is -2.27. The number of pyridine rings is 1. The highest BCUT2D eigenvalue weighted by Crippen LogP contribution is 2.27. The fourth-order valence-corrected chi connectivity index (χ4v) is 3.97. The van der Waals surface area contributed by atoms with E-state index in [1.165, 1.54) is 16.9 Å².